The molecule has 0 spiro atoms. The molecule has 1 aliphatic rings. The van der Waals surface area contributed by atoms with Gasteiger partial charge in [0, 0.05) is 32.6 Å². The van der Waals surface area contributed by atoms with E-state index in [4.69, 9.17) is 9.47 Å². The van der Waals surface area contributed by atoms with Crippen LogP contribution in [0.1, 0.15) is 17.5 Å². The number of amides is 1. The fourth-order valence-corrected chi connectivity index (χ4v) is 2.47. The second-order valence-electron chi connectivity index (χ2n) is 5.19. The van der Waals surface area contributed by atoms with E-state index >= 15 is 0 Å². The second-order valence-corrected chi connectivity index (χ2v) is 5.19. The molecule has 1 heterocycles. The number of nitrogens with zero attached hydrogens (tertiary/aromatic N) is 1. The largest absolute Gasteiger partial charge is 0.493 e. The molecule has 0 aliphatic carbocycles. The maximum absolute atomic E-state index is 11.5. The van der Waals surface area contributed by atoms with Crippen LogP contribution in [0.5, 0.6) is 11.5 Å². The maximum Gasteiger partial charge on any atom is 0.224 e. The van der Waals surface area contributed by atoms with Crippen LogP contribution in [0, 0.1) is 6.92 Å². The molecular weight excluding hydrogens is 256 g/mol. The van der Waals surface area contributed by atoms with E-state index in [0.717, 1.165) is 35.7 Å². The minimum atomic E-state index is 0.200. The molecular formula is C15H22N2O3. The highest BCUT2D eigenvalue weighted by Gasteiger charge is 2.26. The molecule has 1 unspecified atom stereocenters. The predicted molar refractivity (Wildman–Crippen MR) is 77.2 cm³/mol. The topological polar surface area (TPSA) is 50.8 Å². The molecule has 5 heteroatoms. The summed E-state index contributed by atoms with van der Waals surface area (Å²) in [6.45, 7) is 3.54. The number of hydrogen-bond acceptors (Lipinski definition) is 4. The van der Waals surface area contributed by atoms with Crippen LogP contribution in [0.4, 0.5) is 0 Å². The van der Waals surface area contributed by atoms with Crippen LogP contribution in [-0.4, -0.2) is 44.7 Å². The summed E-state index contributed by atoms with van der Waals surface area (Å²) in [6, 6.07) is 4.18. The normalized spacial score (nSPS) is 18.5. The molecule has 0 aromatic heterocycles. The number of likely N-dealkylation sites (tertiary alicyclic amines) is 1. The number of carbonyl (C=O) groups excluding carboxylic acids is 1. The summed E-state index contributed by atoms with van der Waals surface area (Å²) in [5, 5.41) is 3.43. The van der Waals surface area contributed by atoms with Gasteiger partial charge in [0.05, 0.1) is 14.2 Å². The van der Waals surface area contributed by atoms with E-state index < -0.39 is 0 Å². The fourth-order valence-electron chi connectivity index (χ4n) is 2.47. The van der Waals surface area contributed by atoms with Gasteiger partial charge >= 0.3 is 0 Å². The zero-order chi connectivity index (χ0) is 14.7. The van der Waals surface area contributed by atoms with Crippen molar-refractivity contribution in [2.24, 2.45) is 0 Å². The Morgan fingerprint density at radius 3 is 2.50 bits per heavy atom. The minimum absolute atomic E-state index is 0.200. The van der Waals surface area contributed by atoms with E-state index in [1.165, 1.54) is 0 Å². The number of hydrogen-bond donors (Lipinski definition) is 1. The van der Waals surface area contributed by atoms with Crippen molar-refractivity contribution in [2.45, 2.75) is 25.9 Å². The molecule has 1 amide bonds. The number of methoxy groups -OCH3 is 2. The summed E-state index contributed by atoms with van der Waals surface area (Å²) in [7, 11) is 5.11. The third-order valence-electron chi connectivity index (χ3n) is 3.76. The lowest BCUT2D eigenvalue weighted by Gasteiger charge is -2.16. The Morgan fingerprint density at radius 1 is 1.30 bits per heavy atom. The first kappa shape index (κ1) is 14.7. The van der Waals surface area contributed by atoms with E-state index in [9.17, 15) is 4.79 Å². The SMILES string of the molecule is COc1cc(C)c(CNC2CC(=O)N(C)C2)cc1OC. The van der Waals surface area contributed by atoms with Crippen molar-refractivity contribution in [3.8, 4) is 11.5 Å². The Morgan fingerprint density at radius 2 is 1.95 bits per heavy atom. The molecule has 1 fully saturated rings. The summed E-state index contributed by atoms with van der Waals surface area (Å²) >= 11 is 0. The highest BCUT2D eigenvalue weighted by molar-refractivity contribution is 5.78. The van der Waals surface area contributed by atoms with Crippen molar-refractivity contribution in [2.75, 3.05) is 27.8 Å². The van der Waals surface area contributed by atoms with E-state index in [-0.39, 0.29) is 11.9 Å². The van der Waals surface area contributed by atoms with Gasteiger partial charge in [-0.1, -0.05) is 0 Å². The second kappa shape index (κ2) is 6.13. The van der Waals surface area contributed by atoms with Crippen molar-refractivity contribution in [1.82, 2.24) is 10.2 Å². The molecule has 0 radical (unpaired) electrons. The summed E-state index contributed by atoms with van der Waals surface area (Å²) in [4.78, 5) is 13.3. The molecule has 1 aromatic rings. The number of nitrogens with one attached hydrogen (secondary N) is 1. The Hall–Kier alpha value is -1.75. The zero-order valence-electron chi connectivity index (χ0n) is 12.5. The molecule has 0 bridgehead atoms. The smallest absolute Gasteiger partial charge is 0.224 e. The van der Waals surface area contributed by atoms with Crippen LogP contribution < -0.4 is 14.8 Å². The number of aryl methyl sites for hydroxylation is 1. The van der Waals surface area contributed by atoms with E-state index in [2.05, 4.69) is 5.32 Å². The first-order valence-corrected chi connectivity index (χ1v) is 6.74. The lowest BCUT2D eigenvalue weighted by atomic mass is 10.1. The van der Waals surface area contributed by atoms with Crippen molar-refractivity contribution in [3.05, 3.63) is 23.3 Å². The van der Waals surface area contributed by atoms with Gasteiger partial charge in [0.15, 0.2) is 11.5 Å². The molecule has 20 heavy (non-hydrogen) atoms. The Balaban J connectivity index is 2.04. The van der Waals surface area contributed by atoms with Crippen molar-refractivity contribution >= 4 is 5.91 Å². The van der Waals surface area contributed by atoms with Crippen LogP contribution in [0.15, 0.2) is 12.1 Å². The number of likely N-dealkylation sites (N-methyl/N-ethyl adjacent to an activating group) is 1. The molecule has 2 rings (SSSR count). The van der Waals surface area contributed by atoms with Crippen molar-refractivity contribution < 1.29 is 14.3 Å². The molecule has 0 saturated carbocycles. The quantitative estimate of drug-likeness (QED) is 0.883. The average molecular weight is 278 g/mol. The standard InChI is InChI=1S/C15H22N2O3/c1-10-5-13(19-3)14(20-4)6-11(10)8-16-12-7-15(18)17(2)9-12/h5-6,12,16H,7-9H2,1-4H3. The zero-order valence-corrected chi connectivity index (χ0v) is 12.5. The predicted octanol–water partition coefficient (Wildman–Crippen LogP) is 1.33. The van der Waals surface area contributed by atoms with E-state index in [1.54, 1.807) is 19.1 Å². The monoisotopic (exact) mass is 278 g/mol. The van der Waals surface area contributed by atoms with Gasteiger partial charge in [0.1, 0.15) is 0 Å². The summed E-state index contributed by atoms with van der Waals surface area (Å²) in [5.41, 5.74) is 2.30. The van der Waals surface area contributed by atoms with Gasteiger partial charge in [-0.25, -0.2) is 0 Å². The van der Waals surface area contributed by atoms with Crippen LogP contribution >= 0.6 is 0 Å². The van der Waals surface area contributed by atoms with Crippen LogP contribution in [0.3, 0.4) is 0 Å². The Bertz CT molecular complexity index is 502. The lowest BCUT2D eigenvalue weighted by Crippen LogP contribution is -2.31. The van der Waals surface area contributed by atoms with Gasteiger partial charge < -0.3 is 19.7 Å². The highest BCUT2D eigenvalue weighted by Crippen LogP contribution is 2.30. The Labute approximate surface area is 119 Å². The third-order valence-corrected chi connectivity index (χ3v) is 3.76. The van der Waals surface area contributed by atoms with Gasteiger partial charge in [-0.15, -0.1) is 0 Å². The summed E-state index contributed by atoms with van der Waals surface area (Å²) in [6.07, 6.45) is 0.572. The summed E-state index contributed by atoms with van der Waals surface area (Å²) in [5.74, 6) is 1.67. The first-order valence-electron chi connectivity index (χ1n) is 6.74. The minimum Gasteiger partial charge on any atom is -0.493 e. The summed E-state index contributed by atoms with van der Waals surface area (Å²) < 4.78 is 10.6. The number of benzene rings is 1. The van der Waals surface area contributed by atoms with Gasteiger partial charge in [-0.3, -0.25) is 4.79 Å². The lowest BCUT2D eigenvalue weighted by molar-refractivity contribution is -0.126. The van der Waals surface area contributed by atoms with Gasteiger partial charge in [0.25, 0.3) is 0 Å². The van der Waals surface area contributed by atoms with Crippen molar-refractivity contribution in [1.29, 1.82) is 0 Å². The molecule has 1 aliphatic heterocycles. The first-order chi connectivity index (χ1) is 9.55. The molecule has 1 atom stereocenters. The highest BCUT2D eigenvalue weighted by atomic mass is 16.5. The molecule has 110 valence electrons. The number of rotatable bonds is 5. The molecule has 1 N–H and O–H groups in total. The van der Waals surface area contributed by atoms with Crippen LogP contribution in [0.2, 0.25) is 0 Å². The number of ether oxygens (including phenoxy) is 2. The average Bonchev–Trinajstić information content (AvgIpc) is 2.76. The van der Waals surface area contributed by atoms with Gasteiger partial charge in [-0.2, -0.15) is 0 Å². The van der Waals surface area contributed by atoms with E-state index in [0.29, 0.717) is 6.42 Å². The van der Waals surface area contributed by atoms with E-state index in [1.807, 2.05) is 26.1 Å². The maximum atomic E-state index is 11.5. The Kier molecular flexibility index (Phi) is 4.49. The third kappa shape index (κ3) is 3.04. The molecule has 1 saturated heterocycles. The van der Waals surface area contributed by atoms with Gasteiger partial charge in [-0.05, 0) is 30.2 Å². The van der Waals surface area contributed by atoms with Crippen molar-refractivity contribution in [3.63, 3.8) is 0 Å². The van der Waals surface area contributed by atoms with Crippen LogP contribution in [-0.2, 0) is 11.3 Å². The molecule has 1 aromatic carbocycles. The van der Waals surface area contributed by atoms with Gasteiger partial charge in [0.2, 0.25) is 5.91 Å². The van der Waals surface area contributed by atoms with Crippen LogP contribution in [0.25, 0.3) is 0 Å². The fraction of sp³-hybridized carbons (Fsp3) is 0.533. The molecule has 5 nitrogen and oxygen atoms in total. The number of carbonyl (C=O) groups is 1.